The van der Waals surface area contributed by atoms with Gasteiger partial charge in [-0.05, 0) is 48.9 Å². The molecule has 2 heterocycles. The number of methoxy groups -OCH3 is 1. The molecule has 5 nitrogen and oxygen atoms in total. The van der Waals surface area contributed by atoms with Crippen molar-refractivity contribution in [2.45, 2.75) is 45.8 Å². The van der Waals surface area contributed by atoms with Crippen molar-refractivity contribution in [1.82, 2.24) is 4.90 Å². The number of carbonyl (C=O) groups excluding carboxylic acids is 1. The van der Waals surface area contributed by atoms with Crippen LogP contribution in [0, 0.1) is 11.7 Å². The molecule has 2 aliphatic heterocycles. The monoisotopic (exact) mass is 449 g/mol. The van der Waals surface area contributed by atoms with Gasteiger partial charge in [-0.1, -0.05) is 44.5 Å². The van der Waals surface area contributed by atoms with Crippen LogP contribution < -0.4 is 9.47 Å². The van der Waals surface area contributed by atoms with Crippen molar-refractivity contribution in [3.63, 3.8) is 0 Å². The van der Waals surface area contributed by atoms with Gasteiger partial charge >= 0.3 is 6.09 Å². The van der Waals surface area contributed by atoms with Gasteiger partial charge in [-0.3, -0.25) is 0 Å². The first-order chi connectivity index (χ1) is 14.8. The molecule has 7 heteroatoms. The molecule has 1 saturated heterocycles. The molecule has 0 N–H and O–H groups in total. The van der Waals surface area contributed by atoms with Crippen LogP contribution in [0.1, 0.15) is 56.9 Å². The molecule has 0 spiro atoms. The van der Waals surface area contributed by atoms with Crippen molar-refractivity contribution < 1.29 is 23.4 Å². The lowest BCUT2D eigenvalue weighted by molar-refractivity contribution is 0.0446. The van der Waals surface area contributed by atoms with Gasteiger partial charge in [-0.2, -0.15) is 0 Å². The average molecular weight is 450 g/mol. The summed E-state index contributed by atoms with van der Waals surface area (Å²) in [5.74, 6) is 1.85. The molecule has 1 atom stereocenters. The predicted molar refractivity (Wildman–Crippen MR) is 118 cm³/mol. The molecule has 31 heavy (non-hydrogen) atoms. The number of fused-ring (bicyclic) bond motifs is 1. The Hall–Kier alpha value is -2.47. The van der Waals surface area contributed by atoms with Crippen LogP contribution in [-0.4, -0.2) is 31.2 Å². The molecule has 4 rings (SSSR count). The van der Waals surface area contributed by atoms with E-state index in [0.717, 1.165) is 24.3 Å². The van der Waals surface area contributed by atoms with Crippen molar-refractivity contribution in [3.8, 4) is 11.5 Å². The summed E-state index contributed by atoms with van der Waals surface area (Å²) >= 11 is 5.83. The Kier molecular flexibility index (Phi) is 7.65. The summed E-state index contributed by atoms with van der Waals surface area (Å²) in [5, 5.41) is 0.324. The summed E-state index contributed by atoms with van der Waals surface area (Å²) in [4.78, 5) is 13.4. The van der Waals surface area contributed by atoms with E-state index in [0.29, 0.717) is 35.2 Å². The van der Waals surface area contributed by atoms with Crippen molar-refractivity contribution in [2.75, 3.05) is 20.2 Å². The van der Waals surface area contributed by atoms with Crippen molar-refractivity contribution in [1.29, 1.82) is 0 Å². The third-order valence-corrected chi connectivity index (χ3v) is 5.29. The Balaban J connectivity index is 0.000000628. The first-order valence-corrected chi connectivity index (χ1v) is 10.9. The summed E-state index contributed by atoms with van der Waals surface area (Å²) in [6.45, 7) is 7.74. The van der Waals surface area contributed by atoms with E-state index in [1.807, 2.05) is 18.2 Å². The number of amides is 1. The standard InChI is InChI=1S/C20H19ClFNO4.C4H10/c1-25-20(24)23-9-7-12(8-10-23)14-3-2-4-17-18(14)27-19(26-17)15-6-5-13(21)11-16(15)22;1-4(2)3/h2-6,11-12,19H,7-10H2,1H3;4H,1-3H3/t19-;/m1./s1. The van der Waals surface area contributed by atoms with Gasteiger partial charge in [0.15, 0.2) is 11.5 Å². The van der Waals surface area contributed by atoms with Gasteiger partial charge in [0.05, 0.1) is 12.7 Å². The van der Waals surface area contributed by atoms with E-state index in [1.165, 1.54) is 13.2 Å². The van der Waals surface area contributed by atoms with Crippen molar-refractivity contribution in [3.05, 3.63) is 58.4 Å². The van der Waals surface area contributed by atoms with Crippen LogP contribution in [-0.2, 0) is 4.74 Å². The van der Waals surface area contributed by atoms with Gasteiger partial charge < -0.3 is 19.1 Å². The number of rotatable bonds is 2. The highest BCUT2D eigenvalue weighted by Gasteiger charge is 2.33. The molecule has 168 valence electrons. The summed E-state index contributed by atoms with van der Waals surface area (Å²) in [6, 6.07) is 10.2. The van der Waals surface area contributed by atoms with E-state index < -0.39 is 12.1 Å². The van der Waals surface area contributed by atoms with E-state index in [1.54, 1.807) is 17.0 Å². The minimum atomic E-state index is -0.839. The first-order valence-electron chi connectivity index (χ1n) is 10.5. The largest absolute Gasteiger partial charge is 0.453 e. The van der Waals surface area contributed by atoms with Crippen molar-refractivity contribution >= 4 is 17.7 Å². The molecular formula is C24H29ClFNO4. The quantitative estimate of drug-likeness (QED) is 0.521. The van der Waals surface area contributed by atoms with Crippen LogP contribution in [0.4, 0.5) is 9.18 Å². The number of para-hydroxylation sites is 1. The lowest BCUT2D eigenvalue weighted by Crippen LogP contribution is -2.37. The van der Waals surface area contributed by atoms with Crippen molar-refractivity contribution in [2.24, 2.45) is 5.92 Å². The molecule has 0 saturated carbocycles. The van der Waals surface area contributed by atoms with Crippen LogP contribution in [0.3, 0.4) is 0 Å². The number of nitrogens with zero attached hydrogens (tertiary/aromatic N) is 1. The highest BCUT2D eigenvalue weighted by Crippen LogP contribution is 2.47. The molecule has 2 aromatic rings. The summed E-state index contributed by atoms with van der Waals surface area (Å²) in [5.41, 5.74) is 1.33. The average Bonchev–Trinajstić information content (AvgIpc) is 3.17. The van der Waals surface area contributed by atoms with Gasteiger partial charge in [0.25, 0.3) is 6.29 Å². The highest BCUT2D eigenvalue weighted by atomic mass is 35.5. The zero-order chi connectivity index (χ0) is 22.5. The fourth-order valence-corrected chi connectivity index (χ4v) is 3.80. The van der Waals surface area contributed by atoms with E-state index in [4.69, 9.17) is 25.8 Å². The lowest BCUT2D eigenvalue weighted by Gasteiger charge is -2.31. The molecule has 0 bridgehead atoms. The Morgan fingerprint density at radius 1 is 1.13 bits per heavy atom. The summed E-state index contributed by atoms with van der Waals surface area (Å²) < 4.78 is 30.8. The number of hydrogen-bond acceptors (Lipinski definition) is 4. The van der Waals surface area contributed by atoms with E-state index in [2.05, 4.69) is 20.8 Å². The van der Waals surface area contributed by atoms with Gasteiger partial charge in [0, 0.05) is 23.7 Å². The number of likely N-dealkylation sites (tertiary alicyclic amines) is 1. The normalized spacial score (nSPS) is 17.9. The molecule has 0 radical (unpaired) electrons. The maximum Gasteiger partial charge on any atom is 0.409 e. The molecule has 0 unspecified atom stereocenters. The molecule has 2 aliphatic rings. The first kappa shape index (κ1) is 23.2. The maximum absolute atomic E-state index is 14.2. The SMILES string of the molecule is CC(C)C.COC(=O)N1CCC(c2cccc3c2O[C@H](c2ccc(Cl)cc2F)O3)CC1. The van der Waals surface area contributed by atoms with Crippen LogP contribution >= 0.6 is 11.6 Å². The van der Waals surface area contributed by atoms with Gasteiger partial charge in [-0.25, -0.2) is 9.18 Å². The molecule has 0 aliphatic carbocycles. The van der Waals surface area contributed by atoms with Gasteiger partial charge in [0.1, 0.15) is 5.82 Å². The Morgan fingerprint density at radius 3 is 2.42 bits per heavy atom. The summed E-state index contributed by atoms with van der Waals surface area (Å²) in [6.07, 6.45) is 0.460. The second kappa shape index (κ2) is 10.2. The molecular weight excluding hydrogens is 421 g/mol. The van der Waals surface area contributed by atoms with Crippen LogP contribution in [0.15, 0.2) is 36.4 Å². The number of halogens is 2. The fourth-order valence-electron chi connectivity index (χ4n) is 3.64. The minimum Gasteiger partial charge on any atom is -0.453 e. The Morgan fingerprint density at radius 2 is 1.81 bits per heavy atom. The third-order valence-electron chi connectivity index (χ3n) is 5.05. The van der Waals surface area contributed by atoms with E-state index in [-0.39, 0.29) is 12.0 Å². The Labute approximate surface area is 188 Å². The third kappa shape index (κ3) is 5.62. The molecule has 0 aromatic heterocycles. The van der Waals surface area contributed by atoms with Crippen LogP contribution in [0.25, 0.3) is 0 Å². The number of benzene rings is 2. The number of hydrogen-bond donors (Lipinski definition) is 0. The molecule has 2 aromatic carbocycles. The number of piperidine rings is 1. The Bertz CT molecular complexity index is 910. The van der Waals surface area contributed by atoms with E-state index >= 15 is 0 Å². The lowest BCUT2D eigenvalue weighted by atomic mass is 9.89. The minimum absolute atomic E-state index is 0.235. The predicted octanol–water partition coefficient (Wildman–Crippen LogP) is 6.56. The second-order valence-electron chi connectivity index (χ2n) is 8.37. The highest BCUT2D eigenvalue weighted by molar-refractivity contribution is 6.30. The maximum atomic E-state index is 14.2. The van der Waals surface area contributed by atoms with Gasteiger partial charge in [-0.15, -0.1) is 0 Å². The van der Waals surface area contributed by atoms with E-state index in [9.17, 15) is 9.18 Å². The summed E-state index contributed by atoms with van der Waals surface area (Å²) in [7, 11) is 1.39. The molecule has 1 fully saturated rings. The van der Waals surface area contributed by atoms with Gasteiger partial charge in [0.2, 0.25) is 0 Å². The van der Waals surface area contributed by atoms with Crippen LogP contribution in [0.5, 0.6) is 11.5 Å². The molecule has 1 amide bonds. The number of carbonyl (C=O) groups is 1. The van der Waals surface area contributed by atoms with Crippen LogP contribution in [0.2, 0.25) is 5.02 Å². The zero-order valence-corrected chi connectivity index (χ0v) is 19.1. The smallest absolute Gasteiger partial charge is 0.409 e. The number of ether oxygens (including phenoxy) is 3. The fraction of sp³-hybridized carbons (Fsp3) is 0.458. The second-order valence-corrected chi connectivity index (χ2v) is 8.81. The zero-order valence-electron chi connectivity index (χ0n) is 18.4. The topological polar surface area (TPSA) is 48.0 Å².